The fourth-order valence-corrected chi connectivity index (χ4v) is 15.9. The van der Waals surface area contributed by atoms with Crippen molar-refractivity contribution in [1.82, 2.24) is 0 Å². The van der Waals surface area contributed by atoms with Crippen LogP contribution in [-0.4, -0.2) is 118 Å². The molecule has 32 heteroatoms. The number of rotatable bonds is 20. The number of phenolic OH excluding ortho intramolecular Hbond substituents is 4. The van der Waals surface area contributed by atoms with Gasteiger partial charge in [-0.1, -0.05) is 51.0 Å². The first-order valence-corrected chi connectivity index (χ1v) is 32.6. The number of hydrogen-bond acceptors (Lipinski definition) is 20. The monoisotopic (exact) mass is 1250 g/mol. The molecule has 8 bridgehead atoms. The zero-order chi connectivity index (χ0) is 54.0. The van der Waals surface area contributed by atoms with Gasteiger partial charge in [0.2, 0.25) is 0 Å². The Morgan fingerprint density at radius 2 is 0.526 bits per heavy atom. The molecular weight excluding hydrogens is 1200 g/mol. The molecule has 0 spiro atoms. The van der Waals surface area contributed by atoms with Crippen molar-refractivity contribution < 1.29 is 211 Å². The van der Waals surface area contributed by atoms with Gasteiger partial charge >= 0.3 is 118 Å². The number of thioether (sulfide) groups is 4. The Kier molecular flexibility index (Phi) is 30.1. The summed E-state index contributed by atoms with van der Waals surface area (Å²) in [4.78, 5) is 0. The van der Waals surface area contributed by atoms with Gasteiger partial charge in [-0.3, -0.25) is 18.2 Å². The molecule has 8 N–H and O–H groups in total. The van der Waals surface area contributed by atoms with Crippen LogP contribution in [0.5, 0.6) is 46.0 Å². The normalized spacial score (nSPS) is 16.6. The summed E-state index contributed by atoms with van der Waals surface area (Å²) in [7, 11) is -17.8. The van der Waals surface area contributed by atoms with Gasteiger partial charge < -0.3 is 40.9 Å². The van der Waals surface area contributed by atoms with E-state index in [2.05, 4.69) is 0 Å². The molecule has 2 atom stereocenters. The molecule has 76 heavy (non-hydrogen) atoms. The molecule has 0 unspecified atom stereocenters. The van der Waals surface area contributed by atoms with Gasteiger partial charge in [-0.2, -0.15) is 80.7 Å². The third-order valence-electron chi connectivity index (χ3n) is 12.3. The molecule has 0 heterocycles. The summed E-state index contributed by atoms with van der Waals surface area (Å²) in [6, 6.07) is 5.13. The molecule has 4 aromatic rings. The molecule has 20 nitrogen and oxygen atoms in total. The number of aromatic hydroxyl groups is 4. The molecule has 0 aliphatic heterocycles. The Morgan fingerprint density at radius 3 is 0.737 bits per heavy atom. The average Bonchev–Trinajstić information content (AvgIpc) is 3.25. The third kappa shape index (κ3) is 19.2. The Hall–Kier alpha value is 0.320. The molecule has 400 valence electrons. The summed E-state index contributed by atoms with van der Waals surface area (Å²) in [5, 5.41) is 107. The first-order valence-electron chi connectivity index (χ1n) is 21.6. The van der Waals surface area contributed by atoms with E-state index in [1.807, 2.05) is 0 Å². The minimum Gasteiger partial charge on any atom is -0.872 e. The van der Waals surface area contributed by atoms with Crippen LogP contribution in [0.15, 0.2) is 24.3 Å². The van der Waals surface area contributed by atoms with E-state index in [9.17, 15) is 92.7 Å². The van der Waals surface area contributed by atoms with Crippen LogP contribution in [0.1, 0.15) is 118 Å². The van der Waals surface area contributed by atoms with Gasteiger partial charge in [0.15, 0.2) is 0 Å². The summed E-state index contributed by atoms with van der Waals surface area (Å²) in [6.07, 6.45) is 0. The van der Waals surface area contributed by atoms with Crippen molar-refractivity contribution in [3.8, 4) is 46.0 Å². The maximum atomic E-state index is 14.6. The van der Waals surface area contributed by atoms with E-state index in [4.69, 9.17) is 0 Å². The van der Waals surface area contributed by atoms with E-state index in [1.54, 1.807) is 0 Å². The van der Waals surface area contributed by atoms with Crippen molar-refractivity contribution in [2.45, 2.75) is 74.4 Å². The van der Waals surface area contributed by atoms with Crippen LogP contribution in [0.25, 0.3) is 0 Å². The topological polar surface area (TPSA) is 391 Å². The predicted octanol–water partition coefficient (Wildman–Crippen LogP) is -7.78. The quantitative estimate of drug-likeness (QED) is 0.0231. The molecule has 4 aromatic carbocycles. The smallest absolute Gasteiger partial charge is 0.872 e. The molecule has 0 saturated carbocycles. The molecule has 0 amide bonds. The van der Waals surface area contributed by atoms with Crippen LogP contribution < -0.4 is 139 Å². The Labute approximate surface area is 548 Å². The molecule has 0 saturated heterocycles. The molecule has 0 aromatic heterocycles. The second-order valence-electron chi connectivity index (χ2n) is 17.1. The second kappa shape index (κ2) is 30.7. The van der Waals surface area contributed by atoms with Crippen molar-refractivity contribution in [2.24, 2.45) is 0 Å². The maximum Gasteiger partial charge on any atom is 1.00 e. The van der Waals surface area contributed by atoms with Crippen molar-refractivity contribution in [3.05, 3.63) is 91.0 Å². The first-order chi connectivity index (χ1) is 33.2. The van der Waals surface area contributed by atoms with E-state index in [0.29, 0.717) is 0 Å². The largest absolute Gasteiger partial charge is 1.00 e. The van der Waals surface area contributed by atoms with E-state index in [1.165, 1.54) is 52.0 Å². The summed E-state index contributed by atoms with van der Waals surface area (Å²) >= 11 is 3.42. The summed E-state index contributed by atoms with van der Waals surface area (Å²) in [5.74, 6) is -15.7. The fraction of sp³-hybridized carbons (Fsp3) is 0.455. The van der Waals surface area contributed by atoms with Gasteiger partial charge in [0.1, 0.15) is 23.0 Å². The van der Waals surface area contributed by atoms with Crippen molar-refractivity contribution >= 4 is 87.5 Å². The van der Waals surface area contributed by atoms with Crippen LogP contribution in [0, 0.1) is 0 Å². The summed E-state index contributed by atoms with van der Waals surface area (Å²) in [5.41, 5.74) is -1.83. The van der Waals surface area contributed by atoms with E-state index in [0.717, 1.165) is 47.0 Å². The fourth-order valence-electron chi connectivity index (χ4n) is 8.20. The number of phenols is 4. The second-order valence-corrected chi connectivity index (χ2v) is 27.8. The molecule has 1 aliphatic carbocycles. The van der Waals surface area contributed by atoms with Gasteiger partial charge in [-0.05, 0) is 34.4 Å². The van der Waals surface area contributed by atoms with Crippen molar-refractivity contribution in [2.75, 3.05) is 46.0 Å². The van der Waals surface area contributed by atoms with Gasteiger partial charge in [0.25, 0.3) is 40.5 Å². The van der Waals surface area contributed by atoms with E-state index in [-0.39, 0.29) is 220 Å². The minimum absolute atomic E-state index is 0. The van der Waals surface area contributed by atoms with E-state index < -0.39 is 145 Å². The molecular formula is C44H52Na4O20S8. The van der Waals surface area contributed by atoms with Crippen LogP contribution in [0.3, 0.4) is 0 Å². The number of hydrogen-bond donors (Lipinski definition) is 8. The van der Waals surface area contributed by atoms with Gasteiger partial charge in [0, 0.05) is 103 Å². The van der Waals surface area contributed by atoms with Gasteiger partial charge in [-0.25, -0.2) is 0 Å². The maximum absolute atomic E-state index is 14.6. The van der Waals surface area contributed by atoms with Gasteiger partial charge in [0.05, 0.1) is 23.0 Å². The third-order valence-corrected chi connectivity index (χ3v) is 20.1. The zero-order valence-corrected chi connectivity index (χ0v) is 57.4. The minimum atomic E-state index is -4.46. The molecule has 0 fully saturated rings. The average molecular weight is 1250 g/mol. The van der Waals surface area contributed by atoms with Gasteiger partial charge in [-0.15, -0.1) is 23.0 Å². The number of fused-ring (bicyclic) bond motifs is 8. The predicted molar refractivity (Wildman–Crippen MR) is 271 cm³/mol. The zero-order valence-electron chi connectivity index (χ0n) is 42.8. The Morgan fingerprint density at radius 1 is 0.355 bits per heavy atom. The van der Waals surface area contributed by atoms with Crippen LogP contribution in [-0.2, 0) is 63.5 Å². The van der Waals surface area contributed by atoms with Crippen molar-refractivity contribution in [3.63, 3.8) is 0 Å². The molecule has 0 radical (unpaired) electrons. The van der Waals surface area contributed by atoms with Crippen molar-refractivity contribution in [1.29, 1.82) is 0 Å². The van der Waals surface area contributed by atoms with Crippen LogP contribution in [0.4, 0.5) is 0 Å². The SMILES string of the molecule is CC1c2cc(c([O-])c(CSCCS(=O)(=O)O)c2[O-])[C@H](C)c2cc(c(O)c(CSCCS(=O)(=O)O)c2O)C(C)c2cc(c(O)c(CSCCS(=O)(=O)O)c2O)[C@@H](C)c2cc1c([O-])c(CSCCS(=O)(=O)O)c2[O-].[Na+].[Na+].[Na+].[Na+]. The summed E-state index contributed by atoms with van der Waals surface area (Å²) in [6.45, 7) is 5.92. The summed E-state index contributed by atoms with van der Waals surface area (Å²) < 4.78 is 130. The van der Waals surface area contributed by atoms with Crippen LogP contribution in [0.2, 0.25) is 0 Å². The molecule has 1 aliphatic rings. The van der Waals surface area contributed by atoms with Crippen LogP contribution >= 0.6 is 47.0 Å². The standard InChI is InChI=1S/C44H56O20S8.4Na/c1-21-25-13-27(39(47)33(37(25)45)17-65-5-9-69(53,54)55)22(2)29-15-31(43(51)35(41(29)49)19-67-7-11-71(59,60)61)24(4)32-16-30(42(50)36(44(32)52)20-68-8-12-72(62,63)64)23(3)28-14-26(21)38(46)34(40(28)48)18-66-6-10-70(56,57)58;;;;/h13-16,21-24,45-52H,5-12,17-20H2,1-4H3,(H,53,54,55)(H,56,57,58)(H,59,60,61)(H,62,63,64);;;;/q;4*+1/p-4/t21-,22?,23?,24-;;;;. The Bertz CT molecular complexity index is 2650. The number of benzene rings is 4. The first kappa shape index (κ1) is 74.3. The molecule has 5 rings (SSSR count). The van der Waals surface area contributed by atoms with E-state index >= 15 is 0 Å². The Balaban J connectivity index is 0.00000722.